The van der Waals surface area contributed by atoms with E-state index >= 15 is 0 Å². The molecule has 18 heavy (non-hydrogen) atoms. The molecule has 1 fully saturated rings. The van der Waals surface area contributed by atoms with Crippen LogP contribution in [0.2, 0.25) is 0 Å². The third kappa shape index (κ3) is 3.56. The first kappa shape index (κ1) is 14.0. The van der Waals surface area contributed by atoms with Crippen LogP contribution in [-0.2, 0) is 16.1 Å². The van der Waals surface area contributed by atoms with Crippen LogP contribution >= 0.6 is 15.9 Å². The van der Waals surface area contributed by atoms with Crippen LogP contribution in [0, 0.1) is 0 Å². The molecule has 0 aromatic heterocycles. The van der Waals surface area contributed by atoms with Gasteiger partial charge in [0.2, 0.25) is 0 Å². The van der Waals surface area contributed by atoms with Crippen molar-refractivity contribution in [2.24, 2.45) is 0 Å². The summed E-state index contributed by atoms with van der Waals surface area (Å²) in [5.74, 6) is 0. The lowest BCUT2D eigenvalue weighted by Crippen LogP contribution is -2.33. The highest BCUT2D eigenvalue weighted by molar-refractivity contribution is 9.10. The Morgan fingerprint density at radius 2 is 2.22 bits per heavy atom. The second-order valence-electron chi connectivity index (χ2n) is 4.97. The van der Waals surface area contributed by atoms with Crippen molar-refractivity contribution >= 4 is 15.9 Å². The van der Waals surface area contributed by atoms with Gasteiger partial charge < -0.3 is 9.47 Å². The van der Waals surface area contributed by atoms with E-state index in [1.165, 1.54) is 12.0 Å². The fraction of sp³-hybridized carbons (Fsp3) is 0.600. The number of hydrogen-bond acceptors (Lipinski definition) is 2. The van der Waals surface area contributed by atoms with Crippen molar-refractivity contribution in [2.45, 2.75) is 44.8 Å². The molecule has 0 radical (unpaired) electrons. The van der Waals surface area contributed by atoms with Gasteiger partial charge in [0.25, 0.3) is 0 Å². The Morgan fingerprint density at radius 1 is 1.39 bits per heavy atom. The minimum Gasteiger partial charge on any atom is -0.374 e. The molecule has 2 rings (SSSR count). The van der Waals surface area contributed by atoms with Crippen molar-refractivity contribution in [2.75, 3.05) is 13.2 Å². The lowest BCUT2D eigenvalue weighted by molar-refractivity contribution is -0.0729. The summed E-state index contributed by atoms with van der Waals surface area (Å²) in [4.78, 5) is 0. The van der Waals surface area contributed by atoms with Crippen LogP contribution in [0.15, 0.2) is 28.7 Å². The molecule has 3 heteroatoms. The highest BCUT2D eigenvalue weighted by atomic mass is 79.9. The van der Waals surface area contributed by atoms with Crippen LogP contribution in [0.1, 0.15) is 38.2 Å². The van der Waals surface area contributed by atoms with E-state index in [9.17, 15) is 0 Å². The molecule has 1 aliphatic rings. The molecule has 1 unspecified atom stereocenters. The van der Waals surface area contributed by atoms with Gasteiger partial charge >= 0.3 is 0 Å². The van der Waals surface area contributed by atoms with Crippen LogP contribution in [0.4, 0.5) is 0 Å². The van der Waals surface area contributed by atoms with Crippen LogP contribution in [0.5, 0.6) is 0 Å². The van der Waals surface area contributed by atoms with Gasteiger partial charge in [-0.05, 0) is 30.9 Å². The van der Waals surface area contributed by atoms with Gasteiger partial charge in [-0.25, -0.2) is 0 Å². The van der Waals surface area contributed by atoms with Crippen molar-refractivity contribution in [1.29, 1.82) is 0 Å². The summed E-state index contributed by atoms with van der Waals surface area (Å²) >= 11 is 3.54. The van der Waals surface area contributed by atoms with Gasteiger partial charge in [0, 0.05) is 11.1 Å². The number of ether oxygens (including phenoxy) is 2. The first-order valence-electron chi connectivity index (χ1n) is 6.71. The van der Waals surface area contributed by atoms with Gasteiger partial charge in [0.1, 0.15) is 0 Å². The van der Waals surface area contributed by atoms with Crippen LogP contribution in [-0.4, -0.2) is 18.8 Å². The van der Waals surface area contributed by atoms with E-state index < -0.39 is 0 Å². The third-order valence-corrected chi connectivity index (χ3v) is 4.24. The maximum Gasteiger partial charge on any atom is 0.0915 e. The first-order chi connectivity index (χ1) is 8.76. The molecule has 1 saturated heterocycles. The normalized spacial score (nSPS) is 23.4. The highest BCUT2D eigenvalue weighted by Gasteiger charge is 2.34. The smallest absolute Gasteiger partial charge is 0.0915 e. The molecule has 0 spiro atoms. The quantitative estimate of drug-likeness (QED) is 0.779. The van der Waals surface area contributed by atoms with E-state index in [0.717, 1.165) is 30.3 Å². The van der Waals surface area contributed by atoms with Gasteiger partial charge in [-0.15, -0.1) is 0 Å². The van der Waals surface area contributed by atoms with E-state index in [1.807, 2.05) is 18.2 Å². The predicted molar refractivity (Wildman–Crippen MR) is 76.6 cm³/mol. The van der Waals surface area contributed by atoms with Crippen molar-refractivity contribution in [3.8, 4) is 0 Å². The Hall–Kier alpha value is -0.380. The fourth-order valence-corrected chi connectivity index (χ4v) is 2.96. The topological polar surface area (TPSA) is 18.5 Å². The van der Waals surface area contributed by atoms with Crippen LogP contribution < -0.4 is 0 Å². The summed E-state index contributed by atoms with van der Waals surface area (Å²) < 4.78 is 12.9. The SMILES string of the molecule is CCCC1(COCc2ccccc2Br)CCCO1. The van der Waals surface area contributed by atoms with E-state index in [-0.39, 0.29) is 5.60 Å². The molecule has 1 aliphatic heterocycles. The molecular formula is C15H21BrO2. The molecule has 0 aliphatic carbocycles. The number of rotatable bonds is 6. The summed E-state index contributed by atoms with van der Waals surface area (Å²) in [6.07, 6.45) is 4.55. The van der Waals surface area contributed by atoms with E-state index in [0.29, 0.717) is 13.2 Å². The van der Waals surface area contributed by atoms with Gasteiger partial charge in [-0.3, -0.25) is 0 Å². The fourth-order valence-electron chi connectivity index (χ4n) is 2.56. The largest absolute Gasteiger partial charge is 0.374 e. The lowest BCUT2D eigenvalue weighted by Gasteiger charge is -2.27. The Morgan fingerprint density at radius 3 is 2.89 bits per heavy atom. The van der Waals surface area contributed by atoms with Crippen molar-refractivity contribution < 1.29 is 9.47 Å². The minimum absolute atomic E-state index is 0.0179. The average Bonchev–Trinajstić information content (AvgIpc) is 2.81. The molecule has 1 heterocycles. The van der Waals surface area contributed by atoms with Crippen molar-refractivity contribution in [3.05, 3.63) is 34.3 Å². The zero-order valence-electron chi connectivity index (χ0n) is 11.0. The summed E-state index contributed by atoms with van der Waals surface area (Å²) in [5.41, 5.74) is 1.18. The monoisotopic (exact) mass is 312 g/mol. The van der Waals surface area contributed by atoms with Gasteiger partial charge in [-0.1, -0.05) is 47.5 Å². The summed E-state index contributed by atoms with van der Waals surface area (Å²) in [6, 6.07) is 8.20. The average molecular weight is 313 g/mol. The first-order valence-corrected chi connectivity index (χ1v) is 7.50. The van der Waals surface area contributed by atoms with Crippen molar-refractivity contribution in [1.82, 2.24) is 0 Å². The van der Waals surface area contributed by atoms with E-state index in [1.54, 1.807) is 0 Å². The molecule has 0 saturated carbocycles. The van der Waals surface area contributed by atoms with Gasteiger partial charge in [0.15, 0.2) is 0 Å². The lowest BCUT2D eigenvalue weighted by atomic mass is 9.95. The number of hydrogen-bond donors (Lipinski definition) is 0. The summed E-state index contributed by atoms with van der Waals surface area (Å²) in [6.45, 7) is 4.45. The molecule has 2 nitrogen and oxygen atoms in total. The third-order valence-electron chi connectivity index (χ3n) is 3.47. The molecule has 1 atom stereocenters. The molecule has 0 N–H and O–H groups in total. The van der Waals surface area contributed by atoms with Gasteiger partial charge in [0.05, 0.1) is 18.8 Å². The Balaban J connectivity index is 1.85. The Kier molecular flexibility index (Phi) is 5.22. The second kappa shape index (κ2) is 6.69. The summed E-state index contributed by atoms with van der Waals surface area (Å²) in [5, 5.41) is 0. The minimum atomic E-state index is -0.0179. The standard InChI is InChI=1S/C15H21BrO2/c1-2-8-15(9-5-10-18-15)12-17-11-13-6-3-4-7-14(13)16/h3-4,6-7H,2,5,8-12H2,1H3. The zero-order valence-corrected chi connectivity index (χ0v) is 12.5. The Bertz CT molecular complexity index is 373. The molecule has 1 aromatic carbocycles. The number of benzene rings is 1. The molecular weight excluding hydrogens is 292 g/mol. The second-order valence-corrected chi connectivity index (χ2v) is 5.82. The molecule has 1 aromatic rings. The van der Waals surface area contributed by atoms with Gasteiger partial charge in [-0.2, -0.15) is 0 Å². The predicted octanol–water partition coefficient (Wildman–Crippen LogP) is 4.32. The maximum absolute atomic E-state index is 5.91. The Labute approximate surface area is 118 Å². The summed E-state index contributed by atoms with van der Waals surface area (Å²) in [7, 11) is 0. The molecule has 0 amide bonds. The highest BCUT2D eigenvalue weighted by Crippen LogP contribution is 2.31. The van der Waals surface area contributed by atoms with Crippen molar-refractivity contribution in [3.63, 3.8) is 0 Å². The van der Waals surface area contributed by atoms with Crippen LogP contribution in [0.3, 0.4) is 0 Å². The molecule has 100 valence electrons. The van der Waals surface area contributed by atoms with E-state index in [2.05, 4.69) is 28.9 Å². The van der Waals surface area contributed by atoms with E-state index in [4.69, 9.17) is 9.47 Å². The van der Waals surface area contributed by atoms with Crippen LogP contribution in [0.25, 0.3) is 0 Å². The maximum atomic E-state index is 5.91. The molecule has 0 bridgehead atoms. The zero-order chi connectivity index (χ0) is 12.8. The number of halogens is 1.